The predicted molar refractivity (Wildman–Crippen MR) is 125 cm³/mol. The summed E-state index contributed by atoms with van der Waals surface area (Å²) in [5, 5.41) is 1.10. The van der Waals surface area contributed by atoms with Crippen LogP contribution < -0.4 is 0 Å². The Hall–Kier alpha value is -1.61. The van der Waals surface area contributed by atoms with E-state index in [0.717, 1.165) is 30.0 Å². The molecular formula is C24H32N2O4S. The number of ether oxygens (including phenoxy) is 4. The summed E-state index contributed by atoms with van der Waals surface area (Å²) in [6, 6.07) is 6.79. The second-order valence-corrected chi connectivity index (χ2v) is 8.83. The second-order valence-electron chi connectivity index (χ2n) is 7.80. The molecule has 1 aromatic carbocycles. The lowest BCUT2D eigenvalue weighted by molar-refractivity contribution is 0.00206. The first-order valence-electron chi connectivity index (χ1n) is 11.1. The lowest BCUT2D eigenvalue weighted by Gasteiger charge is -2.30. The minimum Gasteiger partial charge on any atom is -0.378 e. The molecule has 0 spiro atoms. The predicted octanol–water partition coefficient (Wildman–Crippen LogP) is 3.70. The van der Waals surface area contributed by atoms with Crippen LogP contribution in [0.4, 0.5) is 0 Å². The third-order valence-electron chi connectivity index (χ3n) is 5.50. The number of hydrogen-bond donors (Lipinski definition) is 0. The third-order valence-corrected chi connectivity index (χ3v) is 6.57. The van der Waals surface area contributed by atoms with Crippen LogP contribution in [0.5, 0.6) is 0 Å². The van der Waals surface area contributed by atoms with E-state index in [1.54, 1.807) is 11.3 Å². The first-order chi connectivity index (χ1) is 15.3. The third kappa shape index (κ3) is 6.68. The van der Waals surface area contributed by atoms with Gasteiger partial charge in [-0.15, -0.1) is 11.3 Å². The molecule has 1 fully saturated rings. The summed E-state index contributed by atoms with van der Waals surface area (Å²) in [6.45, 7) is 8.91. The fraction of sp³-hybridized carbons (Fsp3) is 0.542. The van der Waals surface area contributed by atoms with Crippen LogP contribution in [-0.4, -0.2) is 81.9 Å². The molecule has 1 unspecified atom stereocenters. The van der Waals surface area contributed by atoms with Crippen molar-refractivity contribution in [1.29, 1.82) is 0 Å². The molecule has 1 aliphatic carbocycles. The molecule has 1 atom stereocenters. The van der Waals surface area contributed by atoms with Crippen molar-refractivity contribution in [3.05, 3.63) is 47.0 Å². The van der Waals surface area contributed by atoms with Crippen LogP contribution in [0.3, 0.4) is 0 Å². The zero-order valence-corrected chi connectivity index (χ0v) is 19.1. The highest BCUT2D eigenvalue weighted by Gasteiger charge is 2.19. The molecule has 0 radical (unpaired) electrons. The molecule has 31 heavy (non-hydrogen) atoms. The minimum absolute atomic E-state index is 0.343. The van der Waals surface area contributed by atoms with Gasteiger partial charge in [0.2, 0.25) is 0 Å². The number of aromatic nitrogens is 1. The zero-order valence-electron chi connectivity index (χ0n) is 18.3. The van der Waals surface area contributed by atoms with Crippen LogP contribution in [-0.2, 0) is 18.9 Å². The second kappa shape index (κ2) is 11.9. The van der Waals surface area contributed by atoms with E-state index in [1.165, 1.54) is 15.8 Å². The van der Waals surface area contributed by atoms with Gasteiger partial charge in [0.1, 0.15) is 5.01 Å². The van der Waals surface area contributed by atoms with Gasteiger partial charge in [0.05, 0.1) is 63.1 Å². The summed E-state index contributed by atoms with van der Waals surface area (Å²) < 4.78 is 23.8. The molecule has 7 heteroatoms. The van der Waals surface area contributed by atoms with E-state index in [0.29, 0.717) is 58.9 Å². The van der Waals surface area contributed by atoms with Crippen LogP contribution in [0.1, 0.15) is 17.0 Å². The fourth-order valence-corrected chi connectivity index (χ4v) is 4.85. The number of fused-ring (bicyclic) bond motifs is 1. The summed E-state index contributed by atoms with van der Waals surface area (Å²) in [7, 11) is 0. The number of rotatable bonds is 2. The highest BCUT2D eigenvalue weighted by molar-refractivity contribution is 7.19. The smallest absolute Gasteiger partial charge is 0.124 e. The average Bonchev–Trinajstić information content (AvgIpc) is 3.20. The van der Waals surface area contributed by atoms with Crippen molar-refractivity contribution in [2.24, 2.45) is 0 Å². The number of nitrogens with zero attached hydrogens (tertiary/aromatic N) is 2. The quantitative estimate of drug-likeness (QED) is 0.704. The largest absolute Gasteiger partial charge is 0.378 e. The van der Waals surface area contributed by atoms with Gasteiger partial charge in [-0.1, -0.05) is 24.3 Å². The van der Waals surface area contributed by atoms with Gasteiger partial charge in [0.15, 0.2) is 0 Å². The lowest BCUT2D eigenvalue weighted by Crippen LogP contribution is -2.39. The Kier molecular flexibility index (Phi) is 8.63. The molecule has 168 valence electrons. The Morgan fingerprint density at radius 1 is 0.903 bits per heavy atom. The first kappa shape index (κ1) is 22.6. The maximum absolute atomic E-state index is 5.77. The standard InChI is InChI=1S/C24H32N2O4S/c1-19-2-7-22-23(18-19)31-24(25-22)20-3-5-21(6-4-20)26-8-10-27-12-14-29-16-17-30-15-13-28-11-9-26/h2-5,7,18,21H,6,8-17H2,1H3. The van der Waals surface area contributed by atoms with Crippen LogP contribution >= 0.6 is 11.3 Å². The molecule has 4 rings (SSSR count). The van der Waals surface area contributed by atoms with Crippen molar-refractivity contribution < 1.29 is 18.9 Å². The number of allylic oxidation sites excluding steroid dienone is 2. The lowest BCUT2D eigenvalue weighted by atomic mass is 10.0. The van der Waals surface area contributed by atoms with Crippen LogP contribution in [0.25, 0.3) is 15.8 Å². The summed E-state index contributed by atoms with van der Waals surface area (Å²) in [5.74, 6) is 0. The van der Waals surface area contributed by atoms with Crippen LogP contribution in [0, 0.1) is 6.92 Å². The van der Waals surface area contributed by atoms with E-state index >= 15 is 0 Å². The van der Waals surface area contributed by atoms with Gasteiger partial charge in [-0.2, -0.15) is 0 Å². The Balaban J connectivity index is 1.35. The SMILES string of the molecule is Cc1ccc2nc(C3=CCC(N4CCOCCOCCOCCOCC4)C=C3)sc2c1. The molecule has 1 saturated heterocycles. The van der Waals surface area contributed by atoms with E-state index in [1.807, 2.05) is 0 Å². The van der Waals surface area contributed by atoms with Crippen molar-refractivity contribution in [3.8, 4) is 0 Å². The van der Waals surface area contributed by atoms with Crippen LogP contribution in [0.15, 0.2) is 36.4 Å². The topological polar surface area (TPSA) is 53.1 Å². The van der Waals surface area contributed by atoms with Gasteiger partial charge in [0.25, 0.3) is 0 Å². The molecule has 2 aliphatic rings. The fourth-order valence-electron chi connectivity index (χ4n) is 3.76. The molecule has 0 bridgehead atoms. The summed E-state index contributed by atoms with van der Waals surface area (Å²) in [5.41, 5.74) is 3.57. The zero-order chi connectivity index (χ0) is 21.3. The van der Waals surface area contributed by atoms with Gasteiger partial charge < -0.3 is 18.9 Å². The molecule has 1 aromatic heterocycles. The molecule has 6 nitrogen and oxygen atoms in total. The molecule has 1 aliphatic heterocycles. The molecule has 0 amide bonds. The van der Waals surface area contributed by atoms with Crippen molar-refractivity contribution in [1.82, 2.24) is 9.88 Å². The number of aryl methyl sites for hydroxylation is 1. The summed E-state index contributed by atoms with van der Waals surface area (Å²) in [6.07, 6.45) is 7.80. The van der Waals surface area contributed by atoms with E-state index < -0.39 is 0 Å². The Morgan fingerprint density at radius 3 is 2.16 bits per heavy atom. The summed E-state index contributed by atoms with van der Waals surface area (Å²) >= 11 is 1.77. The highest BCUT2D eigenvalue weighted by atomic mass is 32.1. The van der Waals surface area contributed by atoms with Gasteiger partial charge in [-0.25, -0.2) is 4.98 Å². The Morgan fingerprint density at radius 2 is 1.55 bits per heavy atom. The van der Waals surface area contributed by atoms with Crippen molar-refractivity contribution >= 4 is 27.1 Å². The Bertz CT molecular complexity index is 879. The number of thiazole rings is 1. The maximum Gasteiger partial charge on any atom is 0.124 e. The maximum atomic E-state index is 5.77. The molecular weight excluding hydrogens is 412 g/mol. The van der Waals surface area contributed by atoms with E-state index in [2.05, 4.69) is 48.3 Å². The van der Waals surface area contributed by atoms with E-state index in [9.17, 15) is 0 Å². The first-order valence-corrected chi connectivity index (χ1v) is 11.9. The van der Waals surface area contributed by atoms with E-state index in [-0.39, 0.29) is 0 Å². The monoisotopic (exact) mass is 444 g/mol. The molecule has 0 N–H and O–H groups in total. The van der Waals surface area contributed by atoms with Crippen molar-refractivity contribution in [3.63, 3.8) is 0 Å². The average molecular weight is 445 g/mol. The van der Waals surface area contributed by atoms with E-state index in [4.69, 9.17) is 23.9 Å². The molecule has 2 aromatic rings. The van der Waals surface area contributed by atoms with Gasteiger partial charge >= 0.3 is 0 Å². The van der Waals surface area contributed by atoms with Crippen molar-refractivity contribution in [2.75, 3.05) is 65.9 Å². The number of hydrogen-bond acceptors (Lipinski definition) is 7. The van der Waals surface area contributed by atoms with Crippen LogP contribution in [0.2, 0.25) is 0 Å². The summed E-state index contributed by atoms with van der Waals surface area (Å²) in [4.78, 5) is 7.27. The van der Waals surface area contributed by atoms with Crippen molar-refractivity contribution in [2.45, 2.75) is 19.4 Å². The van der Waals surface area contributed by atoms with Gasteiger partial charge in [-0.3, -0.25) is 4.90 Å². The number of benzene rings is 1. The van der Waals surface area contributed by atoms with Gasteiger partial charge in [0, 0.05) is 24.7 Å². The Labute approximate surface area is 188 Å². The highest BCUT2D eigenvalue weighted by Crippen LogP contribution is 2.31. The molecule has 0 saturated carbocycles. The molecule has 2 heterocycles. The minimum atomic E-state index is 0.343. The normalized spacial score (nSPS) is 23.3. The van der Waals surface area contributed by atoms with Gasteiger partial charge in [-0.05, 0) is 31.0 Å².